The van der Waals surface area contributed by atoms with Gasteiger partial charge in [-0.2, -0.15) is 10.1 Å². The molecule has 126 valence electrons. The van der Waals surface area contributed by atoms with Crippen molar-refractivity contribution in [2.75, 3.05) is 5.32 Å². The van der Waals surface area contributed by atoms with Crippen molar-refractivity contribution in [2.45, 2.75) is 51.6 Å². The molecule has 0 aliphatic heterocycles. The number of aromatic nitrogens is 5. The van der Waals surface area contributed by atoms with Gasteiger partial charge in [-0.05, 0) is 33.6 Å². The van der Waals surface area contributed by atoms with Gasteiger partial charge in [0.15, 0.2) is 11.5 Å². The molecular weight excluding hydrogens is 308 g/mol. The first-order valence-corrected chi connectivity index (χ1v) is 8.09. The second-order valence-corrected chi connectivity index (χ2v) is 7.17. The van der Waals surface area contributed by atoms with Gasteiger partial charge in [0.2, 0.25) is 5.95 Å². The van der Waals surface area contributed by atoms with Crippen LogP contribution in [0.3, 0.4) is 0 Å². The second kappa shape index (κ2) is 5.19. The van der Waals surface area contributed by atoms with Gasteiger partial charge in [0, 0.05) is 5.92 Å². The summed E-state index contributed by atoms with van der Waals surface area (Å²) in [6, 6.07) is 0. The number of oxazole rings is 1. The van der Waals surface area contributed by atoms with E-state index in [2.05, 4.69) is 25.4 Å². The number of hydrogen-bond acceptors (Lipinski definition) is 6. The lowest BCUT2D eigenvalue weighted by Crippen LogP contribution is -2.24. The van der Waals surface area contributed by atoms with Crippen LogP contribution in [0, 0.1) is 0 Å². The molecule has 1 saturated carbocycles. The standard InChI is InChI=1S/C16H20N6O2/c1-16(2,3)22-12-11(8-19-22)13(23)21-15(20-12)18-7-10-6-17-14(24-10)9-4-5-9/h6,8-9H,4-5,7H2,1-3H3,(H2,18,20,21,23). The Kier molecular flexibility index (Phi) is 3.22. The van der Waals surface area contributed by atoms with Crippen molar-refractivity contribution in [2.24, 2.45) is 0 Å². The number of fused-ring (bicyclic) bond motifs is 1. The summed E-state index contributed by atoms with van der Waals surface area (Å²) >= 11 is 0. The number of nitrogens with one attached hydrogen (secondary N) is 2. The summed E-state index contributed by atoms with van der Waals surface area (Å²) < 4.78 is 7.45. The zero-order valence-electron chi connectivity index (χ0n) is 14.0. The molecule has 0 radical (unpaired) electrons. The Bertz CT molecular complexity index is 942. The first-order valence-electron chi connectivity index (χ1n) is 8.09. The molecule has 8 nitrogen and oxygen atoms in total. The number of aromatic amines is 1. The molecule has 3 heterocycles. The van der Waals surface area contributed by atoms with Crippen LogP contribution in [0.25, 0.3) is 11.0 Å². The van der Waals surface area contributed by atoms with Gasteiger partial charge in [-0.25, -0.2) is 9.67 Å². The number of hydrogen-bond donors (Lipinski definition) is 2. The Labute approximate surface area is 138 Å². The van der Waals surface area contributed by atoms with E-state index in [0.717, 1.165) is 24.5 Å². The summed E-state index contributed by atoms with van der Waals surface area (Å²) in [5.74, 6) is 2.40. The van der Waals surface area contributed by atoms with Crippen LogP contribution >= 0.6 is 0 Å². The lowest BCUT2D eigenvalue weighted by molar-refractivity contribution is 0.366. The average molecular weight is 328 g/mol. The molecule has 0 spiro atoms. The van der Waals surface area contributed by atoms with Gasteiger partial charge in [-0.1, -0.05) is 0 Å². The van der Waals surface area contributed by atoms with Crippen molar-refractivity contribution in [1.29, 1.82) is 0 Å². The molecule has 4 rings (SSSR count). The van der Waals surface area contributed by atoms with Crippen molar-refractivity contribution >= 4 is 17.0 Å². The molecule has 8 heteroatoms. The Balaban J connectivity index is 1.60. The quantitative estimate of drug-likeness (QED) is 0.762. The molecular formula is C16H20N6O2. The van der Waals surface area contributed by atoms with E-state index in [-0.39, 0.29) is 11.1 Å². The van der Waals surface area contributed by atoms with E-state index >= 15 is 0 Å². The predicted molar refractivity (Wildman–Crippen MR) is 88.9 cm³/mol. The van der Waals surface area contributed by atoms with Crippen LogP contribution in [-0.4, -0.2) is 24.7 Å². The molecule has 0 aromatic carbocycles. The molecule has 2 N–H and O–H groups in total. The van der Waals surface area contributed by atoms with Crippen LogP contribution in [0.1, 0.15) is 51.2 Å². The number of H-pyrrole nitrogens is 1. The maximum Gasteiger partial charge on any atom is 0.263 e. The number of anilines is 1. The number of nitrogens with zero attached hydrogens (tertiary/aromatic N) is 4. The third-order valence-corrected chi connectivity index (χ3v) is 4.00. The Hall–Kier alpha value is -2.64. The van der Waals surface area contributed by atoms with Gasteiger partial charge < -0.3 is 9.73 Å². The molecule has 1 aliphatic rings. The highest BCUT2D eigenvalue weighted by molar-refractivity contribution is 5.74. The highest BCUT2D eigenvalue weighted by Crippen LogP contribution is 2.39. The van der Waals surface area contributed by atoms with Crippen LogP contribution in [0.5, 0.6) is 0 Å². The van der Waals surface area contributed by atoms with Crippen molar-refractivity contribution in [3.63, 3.8) is 0 Å². The van der Waals surface area contributed by atoms with Crippen LogP contribution < -0.4 is 10.9 Å². The molecule has 3 aromatic rings. The van der Waals surface area contributed by atoms with E-state index < -0.39 is 0 Å². The molecule has 1 fully saturated rings. The summed E-state index contributed by atoms with van der Waals surface area (Å²) in [6.07, 6.45) is 5.57. The van der Waals surface area contributed by atoms with Gasteiger partial charge in [0.1, 0.15) is 11.1 Å². The van der Waals surface area contributed by atoms with E-state index in [1.165, 1.54) is 0 Å². The lowest BCUT2D eigenvalue weighted by atomic mass is 10.1. The Morgan fingerprint density at radius 2 is 2.17 bits per heavy atom. The first-order chi connectivity index (χ1) is 11.4. The topological polar surface area (TPSA) is 102 Å². The Morgan fingerprint density at radius 3 is 2.88 bits per heavy atom. The average Bonchev–Trinajstić information content (AvgIpc) is 3.08. The molecule has 0 saturated heterocycles. The van der Waals surface area contributed by atoms with Gasteiger partial charge in [-0.15, -0.1) is 0 Å². The van der Waals surface area contributed by atoms with Gasteiger partial charge >= 0.3 is 0 Å². The maximum atomic E-state index is 12.2. The fraction of sp³-hybridized carbons (Fsp3) is 0.500. The van der Waals surface area contributed by atoms with Crippen LogP contribution in [0.15, 0.2) is 21.6 Å². The minimum absolute atomic E-state index is 0.214. The van der Waals surface area contributed by atoms with E-state index in [1.54, 1.807) is 17.1 Å². The van der Waals surface area contributed by atoms with E-state index in [0.29, 0.717) is 29.4 Å². The molecule has 0 unspecified atom stereocenters. The molecule has 0 amide bonds. The van der Waals surface area contributed by atoms with Gasteiger partial charge in [0.05, 0.1) is 24.5 Å². The van der Waals surface area contributed by atoms with Crippen molar-refractivity contribution in [1.82, 2.24) is 24.7 Å². The maximum absolute atomic E-state index is 12.2. The monoisotopic (exact) mass is 328 g/mol. The summed E-state index contributed by atoms with van der Waals surface area (Å²) in [4.78, 5) is 23.7. The van der Waals surface area contributed by atoms with E-state index in [9.17, 15) is 4.79 Å². The van der Waals surface area contributed by atoms with Crippen LogP contribution in [-0.2, 0) is 12.1 Å². The molecule has 1 aliphatic carbocycles. The summed E-state index contributed by atoms with van der Waals surface area (Å²) in [5.41, 5.74) is 0.0865. The molecule has 3 aromatic heterocycles. The van der Waals surface area contributed by atoms with E-state index in [4.69, 9.17) is 4.42 Å². The summed E-state index contributed by atoms with van der Waals surface area (Å²) in [5, 5.41) is 7.87. The second-order valence-electron chi connectivity index (χ2n) is 7.17. The third kappa shape index (κ3) is 2.68. The largest absolute Gasteiger partial charge is 0.444 e. The van der Waals surface area contributed by atoms with Crippen molar-refractivity contribution in [3.05, 3.63) is 34.4 Å². The smallest absolute Gasteiger partial charge is 0.263 e. The van der Waals surface area contributed by atoms with E-state index in [1.807, 2.05) is 20.8 Å². The highest BCUT2D eigenvalue weighted by atomic mass is 16.4. The normalized spacial score (nSPS) is 15.1. The summed E-state index contributed by atoms with van der Waals surface area (Å²) in [6.45, 7) is 6.47. The van der Waals surface area contributed by atoms with Gasteiger partial charge in [-0.3, -0.25) is 9.78 Å². The SMILES string of the molecule is CC(C)(C)n1ncc2c(=O)[nH]c(NCc3cnc(C4CC4)o3)nc21. The first kappa shape index (κ1) is 14.9. The minimum atomic E-state index is -0.260. The van der Waals surface area contributed by atoms with Crippen LogP contribution in [0.2, 0.25) is 0 Å². The molecule has 24 heavy (non-hydrogen) atoms. The van der Waals surface area contributed by atoms with Crippen LogP contribution in [0.4, 0.5) is 5.95 Å². The minimum Gasteiger partial charge on any atom is -0.444 e. The zero-order chi connectivity index (χ0) is 16.9. The van der Waals surface area contributed by atoms with Crippen molar-refractivity contribution < 1.29 is 4.42 Å². The fourth-order valence-corrected chi connectivity index (χ4v) is 2.59. The van der Waals surface area contributed by atoms with Gasteiger partial charge in [0.25, 0.3) is 5.56 Å². The number of rotatable bonds is 4. The zero-order valence-corrected chi connectivity index (χ0v) is 14.0. The Morgan fingerprint density at radius 1 is 1.38 bits per heavy atom. The van der Waals surface area contributed by atoms with Crippen molar-refractivity contribution in [3.8, 4) is 0 Å². The highest BCUT2D eigenvalue weighted by Gasteiger charge is 2.28. The fourth-order valence-electron chi connectivity index (χ4n) is 2.59. The molecule has 0 atom stereocenters. The lowest BCUT2D eigenvalue weighted by Gasteiger charge is -2.19. The molecule has 0 bridgehead atoms. The third-order valence-electron chi connectivity index (χ3n) is 4.00. The predicted octanol–water partition coefficient (Wildman–Crippen LogP) is 2.35. The summed E-state index contributed by atoms with van der Waals surface area (Å²) in [7, 11) is 0.